The highest BCUT2D eigenvalue weighted by atomic mass is 35.5. The van der Waals surface area contributed by atoms with Gasteiger partial charge in [-0.25, -0.2) is 0 Å². The Morgan fingerprint density at radius 2 is 1.38 bits per heavy atom. The molecule has 0 amide bonds. The van der Waals surface area contributed by atoms with Crippen LogP contribution in [0.4, 0.5) is 0 Å². The standard InChI is InChI=1S/C15H14ClO4P/c1-13(12-16)18-21(17,19-14-8-4-2-5-9-14)20-15-10-6-3-7-11-15/h2-11H,1,12H2. The second-order valence-corrected chi connectivity index (χ2v) is 5.73. The van der Waals surface area contributed by atoms with Gasteiger partial charge in [0.15, 0.2) is 0 Å². The van der Waals surface area contributed by atoms with E-state index in [-0.39, 0.29) is 11.6 Å². The van der Waals surface area contributed by atoms with E-state index in [1.54, 1.807) is 48.5 Å². The minimum atomic E-state index is -3.92. The van der Waals surface area contributed by atoms with Gasteiger partial charge >= 0.3 is 7.82 Å². The highest BCUT2D eigenvalue weighted by Crippen LogP contribution is 2.51. The molecule has 4 nitrogen and oxygen atoms in total. The lowest BCUT2D eigenvalue weighted by molar-refractivity contribution is 0.259. The molecule has 0 fully saturated rings. The van der Waals surface area contributed by atoms with Crippen LogP contribution in [0, 0.1) is 0 Å². The molecule has 0 bridgehead atoms. The van der Waals surface area contributed by atoms with Crippen LogP contribution in [0.3, 0.4) is 0 Å². The zero-order valence-electron chi connectivity index (χ0n) is 11.1. The number of alkyl halides is 1. The van der Waals surface area contributed by atoms with Crippen molar-refractivity contribution in [2.24, 2.45) is 0 Å². The summed E-state index contributed by atoms with van der Waals surface area (Å²) < 4.78 is 28.7. The number of rotatable bonds is 7. The minimum Gasteiger partial charge on any atom is -0.390 e. The molecule has 0 N–H and O–H groups in total. The molecule has 0 aliphatic rings. The van der Waals surface area contributed by atoms with Crippen molar-refractivity contribution in [3.8, 4) is 11.5 Å². The van der Waals surface area contributed by atoms with Crippen molar-refractivity contribution in [3.63, 3.8) is 0 Å². The van der Waals surface area contributed by atoms with Gasteiger partial charge in [-0.15, -0.1) is 11.6 Å². The summed E-state index contributed by atoms with van der Waals surface area (Å²) in [7, 11) is -3.92. The maximum absolute atomic E-state index is 12.7. The highest BCUT2D eigenvalue weighted by Gasteiger charge is 2.33. The van der Waals surface area contributed by atoms with Crippen LogP contribution in [0.5, 0.6) is 11.5 Å². The summed E-state index contributed by atoms with van der Waals surface area (Å²) in [6.45, 7) is 3.56. The summed E-state index contributed by atoms with van der Waals surface area (Å²) in [6, 6.07) is 17.2. The third kappa shape index (κ3) is 4.85. The first kappa shape index (κ1) is 15.5. The van der Waals surface area contributed by atoms with Crippen LogP contribution < -0.4 is 9.05 Å². The van der Waals surface area contributed by atoms with Crippen molar-refractivity contribution < 1.29 is 18.1 Å². The third-order valence-electron chi connectivity index (χ3n) is 2.31. The maximum atomic E-state index is 12.7. The van der Waals surface area contributed by atoms with Crippen molar-refractivity contribution >= 4 is 19.4 Å². The van der Waals surface area contributed by atoms with Gasteiger partial charge in [0, 0.05) is 0 Å². The molecule has 0 aromatic heterocycles. The summed E-state index contributed by atoms with van der Waals surface area (Å²) in [5, 5.41) is 0. The van der Waals surface area contributed by atoms with E-state index in [4.69, 9.17) is 25.2 Å². The summed E-state index contributed by atoms with van der Waals surface area (Å²) in [4.78, 5) is 0. The first-order valence-electron chi connectivity index (χ1n) is 6.14. The minimum absolute atomic E-state index is 0.0136. The Kier molecular flexibility index (Phi) is 5.32. The van der Waals surface area contributed by atoms with Gasteiger partial charge in [0.05, 0.1) is 5.88 Å². The SMILES string of the molecule is C=C(CCl)OP(=O)(Oc1ccccc1)Oc1ccccc1. The smallest absolute Gasteiger partial charge is 0.390 e. The van der Waals surface area contributed by atoms with E-state index in [9.17, 15) is 4.57 Å². The predicted octanol–water partition coefficient (Wildman–Crippen LogP) is 5.02. The number of para-hydroxylation sites is 2. The molecule has 6 heteroatoms. The summed E-state index contributed by atoms with van der Waals surface area (Å²) in [5.74, 6) is 0.811. The molecule has 2 aromatic rings. The Labute approximate surface area is 128 Å². The molecule has 0 radical (unpaired) electrons. The first-order chi connectivity index (χ1) is 10.1. The number of hydrogen-bond donors (Lipinski definition) is 0. The fourth-order valence-corrected chi connectivity index (χ4v) is 2.84. The number of halogens is 1. The Balaban J connectivity index is 2.21. The molecule has 2 rings (SSSR count). The van der Waals surface area contributed by atoms with Crippen molar-refractivity contribution in [2.75, 3.05) is 5.88 Å². The molecule has 0 saturated carbocycles. The molecular formula is C15H14ClO4P. The fraction of sp³-hybridized carbons (Fsp3) is 0.0667. The molecule has 21 heavy (non-hydrogen) atoms. The lowest BCUT2D eigenvalue weighted by Crippen LogP contribution is -2.05. The van der Waals surface area contributed by atoms with E-state index >= 15 is 0 Å². The summed E-state index contributed by atoms with van der Waals surface area (Å²) in [5.41, 5.74) is 0. The largest absolute Gasteiger partial charge is 0.646 e. The van der Waals surface area contributed by atoms with Gasteiger partial charge < -0.3 is 13.6 Å². The van der Waals surface area contributed by atoms with Gasteiger partial charge in [0.1, 0.15) is 17.3 Å². The number of phosphoric acid groups is 1. The van der Waals surface area contributed by atoms with Crippen LogP contribution in [0.2, 0.25) is 0 Å². The first-order valence-corrected chi connectivity index (χ1v) is 8.13. The molecule has 2 aromatic carbocycles. The third-order valence-corrected chi connectivity index (χ3v) is 3.96. The summed E-state index contributed by atoms with van der Waals surface area (Å²) >= 11 is 5.61. The highest BCUT2D eigenvalue weighted by molar-refractivity contribution is 7.49. The number of hydrogen-bond acceptors (Lipinski definition) is 4. The topological polar surface area (TPSA) is 44.8 Å². The quantitative estimate of drug-likeness (QED) is 0.407. The normalized spacial score (nSPS) is 10.7. The Morgan fingerprint density at radius 1 is 0.952 bits per heavy atom. The second-order valence-electron chi connectivity index (χ2n) is 4.02. The van der Waals surface area contributed by atoms with Gasteiger partial charge in [-0.05, 0) is 24.3 Å². The monoisotopic (exact) mass is 324 g/mol. The molecule has 110 valence electrons. The molecule has 0 saturated heterocycles. The van der Waals surface area contributed by atoms with Gasteiger partial charge in [0.25, 0.3) is 0 Å². The number of phosphoric ester groups is 1. The molecule has 0 unspecified atom stereocenters. The van der Waals surface area contributed by atoms with Crippen molar-refractivity contribution in [1.29, 1.82) is 0 Å². The number of allylic oxidation sites excluding steroid dienone is 1. The maximum Gasteiger partial charge on any atom is 0.646 e. The van der Waals surface area contributed by atoms with E-state index in [1.165, 1.54) is 0 Å². The van der Waals surface area contributed by atoms with Gasteiger partial charge in [-0.1, -0.05) is 43.0 Å². The van der Waals surface area contributed by atoms with E-state index < -0.39 is 7.82 Å². The van der Waals surface area contributed by atoms with Crippen molar-refractivity contribution in [2.45, 2.75) is 0 Å². The average Bonchev–Trinajstić information content (AvgIpc) is 2.48. The van der Waals surface area contributed by atoms with E-state index in [1.807, 2.05) is 12.1 Å². The van der Waals surface area contributed by atoms with Crippen LogP contribution in [0.1, 0.15) is 0 Å². The van der Waals surface area contributed by atoms with Crippen LogP contribution in [-0.2, 0) is 9.09 Å². The van der Waals surface area contributed by atoms with Gasteiger partial charge in [-0.2, -0.15) is 4.57 Å². The Morgan fingerprint density at radius 3 is 1.76 bits per heavy atom. The molecule has 0 spiro atoms. The van der Waals surface area contributed by atoms with Crippen molar-refractivity contribution in [3.05, 3.63) is 73.0 Å². The van der Waals surface area contributed by atoms with Crippen LogP contribution in [0.25, 0.3) is 0 Å². The Hall–Kier alpha value is -1.90. The zero-order chi connectivity index (χ0) is 15.1. The fourth-order valence-electron chi connectivity index (χ4n) is 1.46. The number of benzene rings is 2. The van der Waals surface area contributed by atoms with Crippen LogP contribution in [0.15, 0.2) is 73.0 Å². The summed E-state index contributed by atoms with van der Waals surface area (Å²) in [6.07, 6.45) is 0. The lowest BCUT2D eigenvalue weighted by Gasteiger charge is -2.19. The van der Waals surface area contributed by atoms with E-state index in [2.05, 4.69) is 6.58 Å². The van der Waals surface area contributed by atoms with Crippen LogP contribution in [-0.4, -0.2) is 5.88 Å². The molecular weight excluding hydrogens is 311 g/mol. The zero-order valence-corrected chi connectivity index (χ0v) is 12.8. The van der Waals surface area contributed by atoms with Gasteiger partial charge in [-0.3, -0.25) is 0 Å². The Bertz CT molecular complexity index is 585. The molecule has 0 aliphatic carbocycles. The van der Waals surface area contributed by atoms with E-state index in [0.29, 0.717) is 11.5 Å². The predicted molar refractivity (Wildman–Crippen MR) is 82.7 cm³/mol. The lowest BCUT2D eigenvalue weighted by atomic mass is 10.3. The molecule has 0 aliphatic heterocycles. The molecule has 0 heterocycles. The average molecular weight is 325 g/mol. The van der Waals surface area contributed by atoms with Gasteiger partial charge in [0.2, 0.25) is 0 Å². The second kappa shape index (κ2) is 7.21. The van der Waals surface area contributed by atoms with E-state index in [0.717, 1.165) is 0 Å². The van der Waals surface area contributed by atoms with Crippen LogP contribution >= 0.6 is 19.4 Å². The van der Waals surface area contributed by atoms with Crippen molar-refractivity contribution in [1.82, 2.24) is 0 Å². The molecule has 0 atom stereocenters.